The van der Waals surface area contributed by atoms with Crippen molar-refractivity contribution in [2.45, 2.75) is 85.6 Å². The van der Waals surface area contributed by atoms with Gasteiger partial charge in [0.1, 0.15) is 4.75 Å². The van der Waals surface area contributed by atoms with Gasteiger partial charge in [-0.15, -0.1) is 0 Å². The lowest BCUT2D eigenvalue weighted by Gasteiger charge is -2.44. The molecule has 1 saturated carbocycles. The average molecular weight is 710 g/mol. The van der Waals surface area contributed by atoms with Crippen LogP contribution >= 0.6 is 11.6 Å². The van der Waals surface area contributed by atoms with E-state index in [4.69, 9.17) is 11.6 Å². The van der Waals surface area contributed by atoms with E-state index in [0.29, 0.717) is 23.3 Å². The summed E-state index contributed by atoms with van der Waals surface area (Å²) in [5.41, 5.74) is -6.92. The third-order valence-corrected chi connectivity index (χ3v) is 12.8. The van der Waals surface area contributed by atoms with Crippen LogP contribution in [0.2, 0.25) is 5.02 Å². The van der Waals surface area contributed by atoms with Gasteiger partial charge in [0.15, 0.2) is 9.84 Å². The Morgan fingerprint density at radius 1 is 0.936 bits per heavy atom. The number of aryl methyl sites for hydroxylation is 1. The molecule has 0 radical (unpaired) electrons. The van der Waals surface area contributed by atoms with Crippen LogP contribution in [0.15, 0.2) is 47.9 Å². The lowest BCUT2D eigenvalue weighted by atomic mass is 9.76. The average Bonchev–Trinajstić information content (AvgIpc) is 3.41. The maximum Gasteiger partial charge on any atom is 0.436 e. The molecule has 3 aliphatic rings. The van der Waals surface area contributed by atoms with Crippen LogP contribution in [-0.4, -0.2) is 55.2 Å². The number of carboxylic acid groups (broad SMARTS) is 1. The number of aliphatic carboxylic acids is 1. The molecule has 1 saturated heterocycles. The fourth-order valence-corrected chi connectivity index (χ4v) is 10.1. The number of carbonyl (C=O) groups is 2. The number of nitrogens with zero attached hydrogens (tertiary/aromatic N) is 1. The molecule has 6 nitrogen and oxygen atoms in total. The van der Waals surface area contributed by atoms with E-state index in [0.717, 1.165) is 0 Å². The van der Waals surface area contributed by atoms with Crippen molar-refractivity contribution in [2.75, 3.05) is 6.54 Å². The number of allylic oxidation sites excluding steroid dienone is 1. The summed E-state index contributed by atoms with van der Waals surface area (Å²) in [4.78, 5) is 26.5. The molecule has 2 aliphatic carbocycles. The Kier molecular flexibility index (Phi) is 8.82. The van der Waals surface area contributed by atoms with E-state index in [9.17, 15) is 49.5 Å². The summed E-state index contributed by atoms with van der Waals surface area (Å²) in [6.45, 7) is 5.41. The van der Waals surface area contributed by atoms with Crippen LogP contribution in [0.25, 0.3) is 5.57 Å². The third kappa shape index (κ3) is 5.43. The first kappa shape index (κ1) is 35.2. The maximum atomic E-state index is 15.2. The van der Waals surface area contributed by atoms with Gasteiger partial charge in [-0.05, 0) is 86.8 Å². The normalized spacial score (nSPS) is 25.2. The number of hydrogen-bond acceptors (Lipinski definition) is 4. The highest BCUT2D eigenvalue weighted by Crippen LogP contribution is 2.58. The summed E-state index contributed by atoms with van der Waals surface area (Å²) in [5.74, 6) is -2.60. The topological polar surface area (TPSA) is 91.8 Å². The summed E-state index contributed by atoms with van der Waals surface area (Å²) in [7, 11) is -4.55. The molecule has 1 heterocycles. The van der Waals surface area contributed by atoms with Crippen LogP contribution < -0.4 is 0 Å². The summed E-state index contributed by atoms with van der Waals surface area (Å²) in [6.07, 6.45) is -12.6. The van der Waals surface area contributed by atoms with Gasteiger partial charge in [-0.3, -0.25) is 9.59 Å². The minimum absolute atomic E-state index is 0.109. The van der Waals surface area contributed by atoms with Gasteiger partial charge in [-0.1, -0.05) is 42.0 Å². The molecule has 2 aromatic rings. The molecule has 1 amide bonds. The largest absolute Gasteiger partial charge is 0.481 e. The molecule has 5 rings (SSSR count). The number of alkyl halides is 7. The molecular formula is C32H31ClF7NO5S. The Morgan fingerprint density at radius 2 is 1.49 bits per heavy atom. The molecule has 47 heavy (non-hydrogen) atoms. The second-order valence-electron chi connectivity index (χ2n) is 12.6. The number of amides is 1. The molecular weight excluding hydrogens is 679 g/mol. The Balaban J connectivity index is 1.67. The SMILES string of the molecule is C=C(C)c1ccc(S(=O)(=O)[C@@]23CCN(C(=O)C4CCC(C(=O)O)CC4)[C@@H]2CCc2cc(C(F)(C(F)(F)F)C(F)(F)F)c(Cl)cc23)cc1. The number of sulfone groups is 1. The molecule has 1 aliphatic heterocycles. The Hall–Kier alpha value is -3.13. The summed E-state index contributed by atoms with van der Waals surface area (Å²) >= 11 is 6.05. The van der Waals surface area contributed by atoms with Crippen molar-refractivity contribution in [3.8, 4) is 0 Å². The van der Waals surface area contributed by atoms with Gasteiger partial charge >= 0.3 is 24.0 Å². The second kappa shape index (κ2) is 11.8. The monoisotopic (exact) mass is 709 g/mol. The first-order chi connectivity index (χ1) is 21.7. The summed E-state index contributed by atoms with van der Waals surface area (Å²) < 4.78 is 125. The zero-order chi connectivity index (χ0) is 34.9. The van der Waals surface area contributed by atoms with Crippen LogP contribution in [0.4, 0.5) is 30.7 Å². The van der Waals surface area contributed by atoms with Crippen LogP contribution in [-0.2, 0) is 36.3 Å². The van der Waals surface area contributed by atoms with E-state index in [2.05, 4.69) is 6.58 Å². The van der Waals surface area contributed by atoms with E-state index in [1.807, 2.05) is 0 Å². The van der Waals surface area contributed by atoms with Gasteiger partial charge in [-0.2, -0.15) is 26.3 Å². The molecule has 2 atom stereocenters. The van der Waals surface area contributed by atoms with Gasteiger partial charge in [0.05, 0.1) is 16.9 Å². The fourth-order valence-electron chi connectivity index (χ4n) is 7.48. The van der Waals surface area contributed by atoms with Crippen molar-refractivity contribution in [2.24, 2.45) is 11.8 Å². The zero-order valence-electron chi connectivity index (χ0n) is 25.0. The standard InChI is InChI=1S/C32H31ClF7NO5S/c1-17(2)18-7-10-22(11-8-18)47(45,46)29-13-14-41(27(42)19-3-5-20(6-4-19)28(43)44)26(29)12-9-21-15-24(25(33)16-23(21)29)30(34,31(35,36)37)32(38,39)40/h7-8,10-11,15-16,19-20,26H,1,3-6,9,12-14H2,2H3,(H,43,44)/t19?,20?,26-,29-/m1/s1. The first-order valence-corrected chi connectivity index (χ1v) is 16.7. The number of rotatable bonds is 6. The van der Waals surface area contributed by atoms with Crippen molar-refractivity contribution >= 4 is 38.9 Å². The number of fused-ring (bicyclic) bond motifs is 3. The number of benzene rings is 2. The van der Waals surface area contributed by atoms with E-state index in [1.165, 1.54) is 29.2 Å². The number of likely N-dealkylation sites (tertiary alicyclic amines) is 1. The van der Waals surface area contributed by atoms with Gasteiger partial charge in [-0.25, -0.2) is 12.8 Å². The zero-order valence-corrected chi connectivity index (χ0v) is 26.6. The van der Waals surface area contributed by atoms with Gasteiger partial charge in [0, 0.05) is 23.0 Å². The van der Waals surface area contributed by atoms with Crippen LogP contribution in [0.1, 0.15) is 67.7 Å². The number of carboxylic acids is 1. The number of hydrogen-bond donors (Lipinski definition) is 1. The molecule has 0 unspecified atom stereocenters. The first-order valence-electron chi connectivity index (χ1n) is 14.9. The smallest absolute Gasteiger partial charge is 0.436 e. The quantitative estimate of drug-likeness (QED) is 0.310. The van der Waals surface area contributed by atoms with Crippen molar-refractivity contribution in [1.82, 2.24) is 4.90 Å². The van der Waals surface area contributed by atoms with Gasteiger partial charge < -0.3 is 10.0 Å². The van der Waals surface area contributed by atoms with Crippen molar-refractivity contribution in [3.05, 3.63) is 70.3 Å². The van der Waals surface area contributed by atoms with E-state index in [-0.39, 0.29) is 67.5 Å². The molecule has 15 heteroatoms. The number of carbonyl (C=O) groups excluding carboxylic acids is 1. The molecule has 0 aromatic heterocycles. The Morgan fingerprint density at radius 3 is 2.00 bits per heavy atom. The van der Waals surface area contributed by atoms with Crippen LogP contribution in [0.3, 0.4) is 0 Å². The fraction of sp³-hybridized carbons (Fsp3) is 0.500. The third-order valence-electron chi connectivity index (χ3n) is 9.97. The predicted molar refractivity (Wildman–Crippen MR) is 158 cm³/mol. The summed E-state index contributed by atoms with van der Waals surface area (Å²) in [6, 6.07) is 5.57. The molecule has 2 fully saturated rings. The Bertz CT molecular complexity index is 1700. The van der Waals surface area contributed by atoms with Crippen molar-refractivity contribution in [1.29, 1.82) is 0 Å². The highest BCUT2D eigenvalue weighted by atomic mass is 35.5. The predicted octanol–water partition coefficient (Wildman–Crippen LogP) is 7.77. The molecule has 2 aromatic carbocycles. The molecule has 0 bridgehead atoms. The van der Waals surface area contributed by atoms with E-state index < -0.39 is 72.9 Å². The lowest BCUT2D eigenvalue weighted by molar-refractivity contribution is -0.348. The van der Waals surface area contributed by atoms with Crippen LogP contribution in [0.5, 0.6) is 0 Å². The minimum atomic E-state index is -6.44. The van der Waals surface area contributed by atoms with Gasteiger partial charge in [0.25, 0.3) is 0 Å². The number of halogens is 8. The molecule has 0 spiro atoms. The molecule has 256 valence electrons. The summed E-state index contributed by atoms with van der Waals surface area (Å²) in [5, 5.41) is 8.10. The minimum Gasteiger partial charge on any atom is -0.481 e. The van der Waals surface area contributed by atoms with Gasteiger partial charge in [0.2, 0.25) is 5.91 Å². The van der Waals surface area contributed by atoms with Crippen molar-refractivity contribution in [3.63, 3.8) is 0 Å². The highest BCUT2D eigenvalue weighted by Gasteiger charge is 2.74. The maximum absolute atomic E-state index is 15.2. The Labute approximate surface area is 271 Å². The van der Waals surface area contributed by atoms with E-state index in [1.54, 1.807) is 6.92 Å². The highest BCUT2D eigenvalue weighted by molar-refractivity contribution is 7.92. The second-order valence-corrected chi connectivity index (χ2v) is 15.2. The lowest BCUT2D eigenvalue weighted by Crippen LogP contribution is -2.54. The van der Waals surface area contributed by atoms with E-state index >= 15 is 4.39 Å². The van der Waals surface area contributed by atoms with Crippen LogP contribution in [0, 0.1) is 11.8 Å². The molecule has 1 N–H and O–H groups in total. The van der Waals surface area contributed by atoms with Crippen molar-refractivity contribution < 1.29 is 53.8 Å².